The number of para-hydroxylation sites is 1. The molecule has 4 heteroatoms. The number of fused-ring (bicyclic) bond motifs is 2. The van der Waals surface area contributed by atoms with Crippen molar-refractivity contribution in [1.82, 2.24) is 14.7 Å². The minimum atomic E-state index is -0.727. The summed E-state index contributed by atoms with van der Waals surface area (Å²) in [7, 11) is 2.21. The van der Waals surface area contributed by atoms with Crippen molar-refractivity contribution in [3.63, 3.8) is 0 Å². The van der Waals surface area contributed by atoms with Gasteiger partial charge in [0.15, 0.2) is 0 Å². The van der Waals surface area contributed by atoms with Crippen molar-refractivity contribution in [2.75, 3.05) is 7.05 Å². The van der Waals surface area contributed by atoms with Crippen LogP contribution >= 0.6 is 0 Å². The normalized spacial score (nSPS) is 32.1. The highest BCUT2D eigenvalue weighted by atomic mass is 16.3. The predicted octanol–water partition coefficient (Wildman–Crippen LogP) is 2.71. The average Bonchev–Trinajstić information content (AvgIpc) is 3.01. The van der Waals surface area contributed by atoms with Crippen LogP contribution in [0.25, 0.3) is 5.69 Å². The number of hydrogen-bond donors (Lipinski definition) is 1. The molecule has 2 saturated heterocycles. The molecule has 3 heterocycles. The summed E-state index contributed by atoms with van der Waals surface area (Å²) in [4.78, 5) is 2.47. The van der Waals surface area contributed by atoms with Crippen LogP contribution in [0, 0.1) is 0 Å². The molecule has 1 N–H and O–H groups in total. The van der Waals surface area contributed by atoms with Gasteiger partial charge < -0.3 is 10.0 Å². The third-order valence-corrected chi connectivity index (χ3v) is 5.51. The van der Waals surface area contributed by atoms with Gasteiger partial charge in [-0.05, 0) is 44.9 Å². The lowest BCUT2D eigenvalue weighted by Crippen LogP contribution is -2.55. The topological polar surface area (TPSA) is 41.3 Å². The van der Waals surface area contributed by atoms with E-state index in [0.29, 0.717) is 12.1 Å². The zero-order chi connectivity index (χ0) is 15.2. The van der Waals surface area contributed by atoms with Gasteiger partial charge in [-0.15, -0.1) is 0 Å². The molecule has 2 atom stereocenters. The molecule has 4 rings (SSSR count). The largest absolute Gasteiger partial charge is 0.385 e. The number of benzene rings is 1. The van der Waals surface area contributed by atoms with Crippen LogP contribution in [0.3, 0.4) is 0 Å². The van der Waals surface area contributed by atoms with E-state index in [-0.39, 0.29) is 0 Å². The summed E-state index contributed by atoms with van der Waals surface area (Å²) >= 11 is 0. The van der Waals surface area contributed by atoms with Crippen molar-refractivity contribution in [3.8, 4) is 5.69 Å². The fourth-order valence-electron chi connectivity index (χ4n) is 4.17. The second-order valence-corrected chi connectivity index (χ2v) is 6.85. The van der Waals surface area contributed by atoms with Crippen LogP contribution < -0.4 is 0 Å². The molecule has 2 unspecified atom stereocenters. The standard InChI is InChI=1S/C18H23N3O/c1-20-16-8-5-9-17(20)11-18(22,10-16)14-12-19-21(13-14)15-6-3-2-4-7-15/h2-4,6-7,12-13,16-17,22H,5,8-11H2,1H3. The fourth-order valence-corrected chi connectivity index (χ4v) is 4.17. The molecule has 22 heavy (non-hydrogen) atoms. The molecule has 2 aromatic rings. The van der Waals surface area contributed by atoms with Gasteiger partial charge in [-0.3, -0.25) is 0 Å². The highest BCUT2D eigenvalue weighted by Gasteiger charge is 2.45. The molecule has 116 valence electrons. The van der Waals surface area contributed by atoms with Crippen molar-refractivity contribution in [1.29, 1.82) is 0 Å². The average molecular weight is 297 g/mol. The first-order valence-corrected chi connectivity index (χ1v) is 8.21. The second-order valence-electron chi connectivity index (χ2n) is 6.85. The number of aliphatic hydroxyl groups is 1. The van der Waals surface area contributed by atoms with E-state index in [0.717, 1.165) is 24.1 Å². The minimum Gasteiger partial charge on any atom is -0.385 e. The van der Waals surface area contributed by atoms with E-state index in [1.807, 2.05) is 47.4 Å². The zero-order valence-corrected chi connectivity index (χ0v) is 13.0. The molecule has 2 fully saturated rings. The Labute approximate surface area is 131 Å². The molecule has 0 spiro atoms. The third-order valence-electron chi connectivity index (χ3n) is 5.51. The van der Waals surface area contributed by atoms with Crippen molar-refractivity contribution < 1.29 is 5.11 Å². The Morgan fingerprint density at radius 2 is 1.82 bits per heavy atom. The molecule has 1 aromatic heterocycles. The minimum absolute atomic E-state index is 0.498. The van der Waals surface area contributed by atoms with E-state index in [1.54, 1.807) is 0 Å². The van der Waals surface area contributed by atoms with E-state index in [4.69, 9.17) is 0 Å². The Morgan fingerprint density at radius 1 is 1.14 bits per heavy atom. The Bertz CT molecular complexity index is 637. The van der Waals surface area contributed by atoms with Gasteiger partial charge in [0.2, 0.25) is 0 Å². The van der Waals surface area contributed by atoms with Crippen LogP contribution in [-0.2, 0) is 5.60 Å². The van der Waals surface area contributed by atoms with Crippen LogP contribution in [-0.4, -0.2) is 38.9 Å². The number of hydrogen-bond acceptors (Lipinski definition) is 3. The van der Waals surface area contributed by atoms with Gasteiger partial charge in [0.25, 0.3) is 0 Å². The molecule has 2 aliphatic heterocycles. The maximum absolute atomic E-state index is 11.2. The summed E-state index contributed by atoms with van der Waals surface area (Å²) in [6.45, 7) is 0. The van der Waals surface area contributed by atoms with Gasteiger partial charge in [0, 0.05) is 23.8 Å². The summed E-state index contributed by atoms with van der Waals surface area (Å²) in [6.07, 6.45) is 9.16. The van der Waals surface area contributed by atoms with Crippen molar-refractivity contribution in [2.45, 2.75) is 49.8 Å². The Hall–Kier alpha value is -1.65. The maximum Gasteiger partial charge on any atom is 0.0956 e. The Kier molecular flexibility index (Phi) is 3.31. The van der Waals surface area contributed by atoms with Crippen molar-refractivity contribution in [3.05, 3.63) is 48.3 Å². The summed E-state index contributed by atoms with van der Waals surface area (Å²) in [6, 6.07) is 11.1. The molecule has 0 saturated carbocycles. The number of rotatable bonds is 2. The van der Waals surface area contributed by atoms with Crippen molar-refractivity contribution >= 4 is 0 Å². The highest BCUT2D eigenvalue weighted by molar-refractivity contribution is 5.32. The van der Waals surface area contributed by atoms with Crippen LogP contribution in [0.5, 0.6) is 0 Å². The highest BCUT2D eigenvalue weighted by Crippen LogP contribution is 2.43. The number of nitrogens with zero attached hydrogens (tertiary/aromatic N) is 3. The van der Waals surface area contributed by atoms with Gasteiger partial charge >= 0.3 is 0 Å². The molecule has 1 aromatic carbocycles. The van der Waals surface area contributed by atoms with Crippen LogP contribution in [0.4, 0.5) is 0 Å². The zero-order valence-electron chi connectivity index (χ0n) is 13.0. The molecule has 0 aliphatic carbocycles. The lowest BCUT2D eigenvalue weighted by molar-refractivity contribution is -0.0874. The first kappa shape index (κ1) is 14.0. The quantitative estimate of drug-likeness (QED) is 0.926. The van der Waals surface area contributed by atoms with E-state index in [1.165, 1.54) is 19.3 Å². The first-order valence-electron chi connectivity index (χ1n) is 8.21. The van der Waals surface area contributed by atoms with Gasteiger partial charge in [-0.25, -0.2) is 4.68 Å². The van der Waals surface area contributed by atoms with Gasteiger partial charge in [0.05, 0.1) is 17.5 Å². The van der Waals surface area contributed by atoms with E-state index in [9.17, 15) is 5.11 Å². The summed E-state index contributed by atoms with van der Waals surface area (Å²) in [5.74, 6) is 0. The molecule has 2 bridgehead atoms. The fraction of sp³-hybridized carbons (Fsp3) is 0.500. The van der Waals surface area contributed by atoms with E-state index >= 15 is 0 Å². The first-order chi connectivity index (χ1) is 10.7. The summed E-state index contributed by atoms with van der Waals surface area (Å²) in [5.41, 5.74) is 1.27. The molecular formula is C18H23N3O. The second kappa shape index (κ2) is 5.21. The lowest BCUT2D eigenvalue weighted by atomic mass is 9.73. The van der Waals surface area contributed by atoms with Crippen molar-refractivity contribution in [2.24, 2.45) is 0 Å². The summed E-state index contributed by atoms with van der Waals surface area (Å²) in [5, 5.41) is 15.7. The Balaban J connectivity index is 1.63. The number of piperidine rings is 2. The maximum atomic E-state index is 11.2. The van der Waals surface area contributed by atoms with Gasteiger partial charge in [-0.2, -0.15) is 5.10 Å². The smallest absolute Gasteiger partial charge is 0.0956 e. The summed E-state index contributed by atoms with van der Waals surface area (Å²) < 4.78 is 1.86. The number of aromatic nitrogens is 2. The van der Waals surface area contributed by atoms with Crippen LogP contribution in [0.1, 0.15) is 37.7 Å². The molecule has 0 amide bonds. The molecule has 2 aliphatic rings. The van der Waals surface area contributed by atoms with Gasteiger partial charge in [-0.1, -0.05) is 24.6 Å². The van der Waals surface area contributed by atoms with E-state index < -0.39 is 5.60 Å². The van der Waals surface area contributed by atoms with Gasteiger partial charge in [0.1, 0.15) is 0 Å². The van der Waals surface area contributed by atoms with Crippen LogP contribution in [0.2, 0.25) is 0 Å². The Morgan fingerprint density at radius 3 is 2.50 bits per heavy atom. The molecule has 4 nitrogen and oxygen atoms in total. The monoisotopic (exact) mass is 297 g/mol. The molecular weight excluding hydrogens is 274 g/mol. The van der Waals surface area contributed by atoms with E-state index in [2.05, 4.69) is 17.0 Å². The third kappa shape index (κ3) is 2.27. The van der Waals surface area contributed by atoms with Crippen LogP contribution in [0.15, 0.2) is 42.7 Å². The lowest BCUT2D eigenvalue weighted by Gasteiger charge is -2.50. The molecule has 0 radical (unpaired) electrons. The predicted molar refractivity (Wildman–Crippen MR) is 85.9 cm³/mol. The SMILES string of the molecule is CN1C2CCCC1CC(O)(c1cnn(-c3ccccc3)c1)C2.